The zero-order chi connectivity index (χ0) is 14.0. The Hall–Kier alpha value is -0.720. The predicted octanol–water partition coefficient (Wildman–Crippen LogP) is 3.15. The Bertz CT molecular complexity index is 580. The molecule has 0 aliphatic heterocycles. The van der Waals surface area contributed by atoms with E-state index in [4.69, 9.17) is 0 Å². The lowest BCUT2D eigenvalue weighted by Crippen LogP contribution is -2.20. The third-order valence-electron chi connectivity index (χ3n) is 3.14. The summed E-state index contributed by atoms with van der Waals surface area (Å²) in [5, 5.41) is 7.76. The molecule has 102 valence electrons. The number of nitrogens with zero attached hydrogens (tertiary/aromatic N) is 3. The first kappa shape index (κ1) is 14.7. The van der Waals surface area contributed by atoms with E-state index in [-0.39, 0.29) is 6.04 Å². The number of nitrogens with one attached hydrogen (secondary N) is 1. The normalized spacial score (nSPS) is 12.7. The molecular formula is C13H16Br2N4. The highest BCUT2D eigenvalue weighted by molar-refractivity contribution is 9.10. The molecule has 0 aromatic carbocycles. The fraction of sp³-hybridized carbons (Fsp3) is 0.385. The Morgan fingerprint density at radius 1 is 1.37 bits per heavy atom. The maximum atomic E-state index is 4.43. The number of halogens is 2. The smallest absolute Gasteiger partial charge is 0.0738 e. The first-order chi connectivity index (χ1) is 9.02. The maximum absolute atomic E-state index is 4.43. The molecule has 2 aromatic heterocycles. The summed E-state index contributed by atoms with van der Waals surface area (Å²) in [5.41, 5.74) is 3.35. The van der Waals surface area contributed by atoms with Gasteiger partial charge in [0.2, 0.25) is 0 Å². The molecule has 19 heavy (non-hydrogen) atoms. The average molecular weight is 388 g/mol. The minimum atomic E-state index is 0.205. The van der Waals surface area contributed by atoms with Crippen molar-refractivity contribution in [3.05, 3.63) is 44.4 Å². The van der Waals surface area contributed by atoms with Crippen LogP contribution in [0.4, 0.5) is 0 Å². The summed E-state index contributed by atoms with van der Waals surface area (Å²) in [4.78, 5) is 4.22. The third kappa shape index (κ3) is 3.24. The lowest BCUT2D eigenvalue weighted by atomic mass is 10.0. The second-order valence-electron chi connectivity index (χ2n) is 4.45. The van der Waals surface area contributed by atoms with E-state index in [2.05, 4.69) is 53.3 Å². The summed E-state index contributed by atoms with van der Waals surface area (Å²) < 4.78 is 4.00. The molecule has 0 saturated heterocycles. The van der Waals surface area contributed by atoms with Crippen molar-refractivity contribution in [1.29, 1.82) is 0 Å². The fourth-order valence-electron chi connectivity index (χ4n) is 2.10. The van der Waals surface area contributed by atoms with Gasteiger partial charge in [0.1, 0.15) is 0 Å². The topological polar surface area (TPSA) is 42.7 Å². The Morgan fingerprint density at radius 3 is 2.63 bits per heavy atom. The number of hydrogen-bond donors (Lipinski definition) is 1. The second-order valence-corrected chi connectivity index (χ2v) is 6.16. The number of pyridine rings is 1. The predicted molar refractivity (Wildman–Crippen MR) is 83.1 cm³/mol. The van der Waals surface area contributed by atoms with Crippen molar-refractivity contribution in [2.75, 3.05) is 7.05 Å². The molecule has 0 spiro atoms. The Labute approximate surface area is 129 Å². The van der Waals surface area contributed by atoms with Crippen molar-refractivity contribution < 1.29 is 0 Å². The van der Waals surface area contributed by atoms with E-state index in [1.807, 2.05) is 31.9 Å². The molecule has 0 aliphatic carbocycles. The summed E-state index contributed by atoms with van der Waals surface area (Å²) in [6, 6.07) is 2.29. The molecule has 0 bridgehead atoms. The van der Waals surface area contributed by atoms with Crippen LogP contribution in [-0.2, 0) is 13.5 Å². The molecule has 0 saturated carbocycles. The van der Waals surface area contributed by atoms with Crippen LogP contribution in [0.25, 0.3) is 0 Å². The number of aryl methyl sites for hydroxylation is 2. The second kappa shape index (κ2) is 6.15. The van der Waals surface area contributed by atoms with Crippen LogP contribution in [0.2, 0.25) is 0 Å². The molecule has 0 aliphatic rings. The van der Waals surface area contributed by atoms with E-state index < -0.39 is 0 Å². The van der Waals surface area contributed by atoms with Gasteiger partial charge in [-0.1, -0.05) is 0 Å². The number of likely N-dealkylation sites (N-methyl/N-ethyl adjacent to an activating group) is 1. The van der Waals surface area contributed by atoms with E-state index >= 15 is 0 Å². The van der Waals surface area contributed by atoms with Crippen molar-refractivity contribution in [1.82, 2.24) is 20.1 Å². The molecular weight excluding hydrogens is 372 g/mol. The van der Waals surface area contributed by atoms with Gasteiger partial charge in [0.05, 0.1) is 15.9 Å². The van der Waals surface area contributed by atoms with Crippen LogP contribution in [0.3, 0.4) is 0 Å². The highest BCUT2D eigenvalue weighted by atomic mass is 79.9. The first-order valence-corrected chi connectivity index (χ1v) is 7.57. The minimum Gasteiger partial charge on any atom is -0.313 e. The zero-order valence-corrected chi connectivity index (χ0v) is 14.3. The van der Waals surface area contributed by atoms with Gasteiger partial charge in [-0.25, -0.2) is 0 Å². The SMILES string of the molecule is CNC(Cc1c(Br)c(C)nn1C)c1cncc(Br)c1. The Morgan fingerprint density at radius 2 is 2.11 bits per heavy atom. The molecule has 0 radical (unpaired) electrons. The molecule has 0 fully saturated rings. The lowest BCUT2D eigenvalue weighted by Gasteiger charge is -2.17. The standard InChI is InChI=1S/C13H16Br2N4/c1-8-13(15)12(19(3)18-8)5-11(16-2)9-4-10(14)7-17-6-9/h4,6-7,11,16H,5H2,1-3H3. The molecule has 6 heteroatoms. The van der Waals surface area contributed by atoms with Gasteiger partial charge in [-0.15, -0.1) is 0 Å². The molecule has 0 amide bonds. The fourth-order valence-corrected chi connectivity index (χ4v) is 2.98. The van der Waals surface area contributed by atoms with Crippen molar-refractivity contribution in [2.45, 2.75) is 19.4 Å². The summed E-state index contributed by atoms with van der Waals surface area (Å²) in [7, 11) is 3.93. The van der Waals surface area contributed by atoms with Crippen LogP contribution in [0.1, 0.15) is 23.0 Å². The lowest BCUT2D eigenvalue weighted by molar-refractivity contribution is 0.558. The van der Waals surface area contributed by atoms with Crippen LogP contribution >= 0.6 is 31.9 Å². The number of hydrogen-bond acceptors (Lipinski definition) is 3. The summed E-state index contributed by atoms with van der Waals surface area (Å²) in [5.74, 6) is 0. The minimum absolute atomic E-state index is 0.205. The molecule has 2 rings (SSSR count). The summed E-state index contributed by atoms with van der Waals surface area (Å²) in [6.07, 6.45) is 4.54. The molecule has 1 unspecified atom stereocenters. The Balaban J connectivity index is 2.29. The molecule has 2 heterocycles. The van der Waals surface area contributed by atoms with Crippen molar-refractivity contribution >= 4 is 31.9 Å². The first-order valence-electron chi connectivity index (χ1n) is 5.98. The van der Waals surface area contributed by atoms with Gasteiger partial charge in [-0.2, -0.15) is 5.10 Å². The quantitative estimate of drug-likeness (QED) is 0.876. The van der Waals surface area contributed by atoms with E-state index in [1.54, 1.807) is 6.20 Å². The van der Waals surface area contributed by atoms with Gasteiger partial charge in [0, 0.05) is 36.4 Å². The molecule has 4 nitrogen and oxygen atoms in total. The largest absolute Gasteiger partial charge is 0.313 e. The number of rotatable bonds is 4. The van der Waals surface area contributed by atoms with E-state index in [1.165, 1.54) is 5.69 Å². The van der Waals surface area contributed by atoms with E-state index in [0.29, 0.717) is 0 Å². The molecule has 2 aromatic rings. The van der Waals surface area contributed by atoms with Gasteiger partial charge in [-0.3, -0.25) is 9.67 Å². The highest BCUT2D eigenvalue weighted by Crippen LogP contribution is 2.26. The zero-order valence-electron chi connectivity index (χ0n) is 11.1. The van der Waals surface area contributed by atoms with Gasteiger partial charge in [0.15, 0.2) is 0 Å². The summed E-state index contributed by atoms with van der Waals surface area (Å²) in [6.45, 7) is 2.00. The van der Waals surface area contributed by atoms with Crippen LogP contribution in [-0.4, -0.2) is 21.8 Å². The third-order valence-corrected chi connectivity index (χ3v) is 4.60. The van der Waals surface area contributed by atoms with Gasteiger partial charge < -0.3 is 5.32 Å². The Kier molecular flexibility index (Phi) is 4.76. The van der Waals surface area contributed by atoms with Crippen LogP contribution in [0.15, 0.2) is 27.4 Å². The maximum Gasteiger partial charge on any atom is 0.0738 e. The van der Waals surface area contributed by atoms with Crippen molar-refractivity contribution in [3.63, 3.8) is 0 Å². The monoisotopic (exact) mass is 386 g/mol. The van der Waals surface area contributed by atoms with Crippen LogP contribution < -0.4 is 5.32 Å². The van der Waals surface area contributed by atoms with E-state index in [0.717, 1.165) is 26.6 Å². The van der Waals surface area contributed by atoms with E-state index in [9.17, 15) is 0 Å². The van der Waals surface area contributed by atoms with Crippen LogP contribution in [0, 0.1) is 6.92 Å². The van der Waals surface area contributed by atoms with Gasteiger partial charge in [0.25, 0.3) is 0 Å². The molecule has 1 atom stereocenters. The highest BCUT2D eigenvalue weighted by Gasteiger charge is 2.17. The van der Waals surface area contributed by atoms with Crippen molar-refractivity contribution in [2.24, 2.45) is 7.05 Å². The van der Waals surface area contributed by atoms with Crippen molar-refractivity contribution in [3.8, 4) is 0 Å². The average Bonchev–Trinajstić information content (AvgIpc) is 2.61. The van der Waals surface area contributed by atoms with Gasteiger partial charge >= 0.3 is 0 Å². The van der Waals surface area contributed by atoms with Crippen LogP contribution in [0.5, 0.6) is 0 Å². The number of aromatic nitrogens is 3. The summed E-state index contributed by atoms with van der Waals surface area (Å²) >= 11 is 7.07. The molecule has 1 N–H and O–H groups in total. The van der Waals surface area contributed by atoms with Gasteiger partial charge in [-0.05, 0) is 57.5 Å².